The third-order valence-electron chi connectivity index (χ3n) is 5.43. The Bertz CT molecular complexity index is 1250. The maximum Gasteiger partial charge on any atom is 0.373 e. The van der Waals surface area contributed by atoms with E-state index in [9.17, 15) is 4.79 Å². The molecule has 0 saturated heterocycles. The zero-order valence-corrected chi connectivity index (χ0v) is 21.2. The summed E-state index contributed by atoms with van der Waals surface area (Å²) < 4.78 is 41.4. The van der Waals surface area contributed by atoms with E-state index < -0.39 is 29.0 Å². The number of rotatable bonds is 10. The van der Waals surface area contributed by atoms with Gasteiger partial charge in [0.05, 0.1) is 25.8 Å². The highest BCUT2D eigenvalue weighted by Crippen LogP contribution is 2.39. The van der Waals surface area contributed by atoms with Crippen LogP contribution in [0.2, 0.25) is 0 Å². The molecule has 0 aliphatic heterocycles. The summed E-state index contributed by atoms with van der Waals surface area (Å²) in [7, 11) is 1.23. The third kappa shape index (κ3) is 6.71. The standard InChI is InChI=1S/C27H29F2N3O5/c1-27(2,3)37-36-26(33)19-8-5-9-20(13-19)32(15-18-7-6-12-30-14-18)24-22(29)21(28)23(34-4)25(31-24)35-16-17-10-11-17/h5-9,12-14,17H,10-11,15-16H2,1-4H3. The summed E-state index contributed by atoms with van der Waals surface area (Å²) in [5, 5.41) is 0. The number of aromatic nitrogens is 2. The van der Waals surface area contributed by atoms with Crippen LogP contribution in [0.1, 0.15) is 49.5 Å². The molecular weight excluding hydrogens is 484 g/mol. The van der Waals surface area contributed by atoms with Gasteiger partial charge < -0.3 is 14.4 Å². The average molecular weight is 514 g/mol. The first-order valence-electron chi connectivity index (χ1n) is 11.9. The van der Waals surface area contributed by atoms with Crippen LogP contribution in [0.5, 0.6) is 11.6 Å². The van der Waals surface area contributed by atoms with Gasteiger partial charge in [0.15, 0.2) is 5.82 Å². The van der Waals surface area contributed by atoms with Crippen molar-refractivity contribution in [3.05, 3.63) is 71.6 Å². The highest BCUT2D eigenvalue weighted by molar-refractivity contribution is 5.90. The van der Waals surface area contributed by atoms with Crippen LogP contribution in [0.4, 0.5) is 20.3 Å². The number of methoxy groups -OCH3 is 1. The molecule has 2 heterocycles. The van der Waals surface area contributed by atoms with Crippen molar-refractivity contribution in [2.75, 3.05) is 18.6 Å². The van der Waals surface area contributed by atoms with Crippen molar-refractivity contribution in [3.8, 4) is 11.6 Å². The largest absolute Gasteiger partial charge is 0.489 e. The predicted molar refractivity (Wildman–Crippen MR) is 132 cm³/mol. The predicted octanol–water partition coefficient (Wildman–Crippen LogP) is 5.78. The molecule has 1 aliphatic carbocycles. The highest BCUT2D eigenvalue weighted by Gasteiger charge is 2.29. The molecule has 1 fully saturated rings. The SMILES string of the molecule is COc1c(OCC2CC2)nc(N(Cc2cccnc2)c2cccc(C(=O)OOC(C)(C)C)c2)c(F)c1F. The monoisotopic (exact) mass is 513 g/mol. The van der Waals surface area contributed by atoms with Gasteiger partial charge in [0.2, 0.25) is 17.4 Å². The fourth-order valence-electron chi connectivity index (χ4n) is 3.40. The van der Waals surface area contributed by atoms with E-state index in [0.29, 0.717) is 23.8 Å². The minimum atomic E-state index is -1.22. The number of hydrogen-bond acceptors (Lipinski definition) is 8. The first-order valence-corrected chi connectivity index (χ1v) is 11.9. The minimum absolute atomic E-state index is 0.0720. The van der Waals surface area contributed by atoms with Crippen molar-refractivity contribution in [1.29, 1.82) is 0 Å². The molecule has 0 bridgehead atoms. The molecule has 3 aromatic rings. The van der Waals surface area contributed by atoms with E-state index in [1.807, 2.05) is 0 Å². The minimum Gasteiger partial charge on any atom is -0.489 e. The van der Waals surface area contributed by atoms with E-state index in [-0.39, 0.29) is 23.8 Å². The van der Waals surface area contributed by atoms with Crippen molar-refractivity contribution in [2.24, 2.45) is 5.92 Å². The molecule has 37 heavy (non-hydrogen) atoms. The molecule has 1 aliphatic rings. The zero-order valence-electron chi connectivity index (χ0n) is 21.2. The lowest BCUT2D eigenvalue weighted by Gasteiger charge is -2.26. The maximum absolute atomic E-state index is 15.4. The van der Waals surface area contributed by atoms with Crippen LogP contribution in [0.15, 0.2) is 48.8 Å². The molecule has 0 N–H and O–H groups in total. The second kappa shape index (κ2) is 11.1. The number of carbonyl (C=O) groups is 1. The van der Waals surface area contributed by atoms with E-state index in [1.54, 1.807) is 57.4 Å². The van der Waals surface area contributed by atoms with Crippen LogP contribution in [-0.2, 0) is 16.3 Å². The van der Waals surface area contributed by atoms with Crippen molar-refractivity contribution in [2.45, 2.75) is 45.8 Å². The lowest BCUT2D eigenvalue weighted by atomic mass is 10.1. The van der Waals surface area contributed by atoms with Crippen molar-refractivity contribution in [1.82, 2.24) is 9.97 Å². The summed E-state index contributed by atoms with van der Waals surface area (Å²) in [4.78, 5) is 32.6. The van der Waals surface area contributed by atoms with Gasteiger partial charge in [-0.3, -0.25) is 9.87 Å². The quantitative estimate of drug-likeness (QED) is 0.249. The summed E-state index contributed by atoms with van der Waals surface area (Å²) in [6.07, 6.45) is 5.22. The van der Waals surface area contributed by atoms with Crippen LogP contribution < -0.4 is 14.4 Å². The summed E-state index contributed by atoms with van der Waals surface area (Å²) in [6.45, 7) is 5.61. The Kier molecular flexibility index (Phi) is 7.87. The fraction of sp³-hybridized carbons (Fsp3) is 0.370. The Morgan fingerprint density at radius 3 is 2.57 bits per heavy atom. The summed E-state index contributed by atoms with van der Waals surface area (Å²) in [6, 6.07) is 9.78. The molecule has 2 aromatic heterocycles. The number of hydrogen-bond donors (Lipinski definition) is 0. The highest BCUT2D eigenvalue weighted by atomic mass is 19.2. The van der Waals surface area contributed by atoms with Crippen LogP contribution in [0, 0.1) is 17.6 Å². The number of ether oxygens (including phenoxy) is 2. The molecule has 1 aromatic carbocycles. The maximum atomic E-state index is 15.4. The molecule has 10 heteroatoms. The molecule has 0 atom stereocenters. The van der Waals surface area contributed by atoms with Crippen molar-refractivity contribution >= 4 is 17.5 Å². The van der Waals surface area contributed by atoms with E-state index >= 15 is 8.78 Å². The van der Waals surface area contributed by atoms with Gasteiger partial charge in [-0.1, -0.05) is 12.1 Å². The van der Waals surface area contributed by atoms with Gasteiger partial charge in [-0.05, 0) is 69.4 Å². The van der Waals surface area contributed by atoms with Gasteiger partial charge in [0, 0.05) is 18.1 Å². The van der Waals surface area contributed by atoms with Gasteiger partial charge in [-0.2, -0.15) is 18.7 Å². The van der Waals surface area contributed by atoms with Crippen LogP contribution in [0.25, 0.3) is 0 Å². The number of nitrogens with zero attached hydrogens (tertiary/aromatic N) is 3. The molecular formula is C27H29F2N3O5. The van der Waals surface area contributed by atoms with Crippen LogP contribution in [0.3, 0.4) is 0 Å². The van der Waals surface area contributed by atoms with Gasteiger partial charge >= 0.3 is 5.97 Å². The molecule has 1 saturated carbocycles. The first-order chi connectivity index (χ1) is 17.7. The van der Waals surface area contributed by atoms with E-state index in [0.717, 1.165) is 12.8 Å². The Balaban J connectivity index is 1.75. The second-order valence-corrected chi connectivity index (χ2v) is 9.72. The molecule has 0 unspecified atom stereocenters. The second-order valence-electron chi connectivity index (χ2n) is 9.72. The Labute approximate surface area is 214 Å². The number of pyridine rings is 2. The van der Waals surface area contributed by atoms with Crippen molar-refractivity contribution in [3.63, 3.8) is 0 Å². The molecule has 0 spiro atoms. The topological polar surface area (TPSA) is 83.0 Å². The van der Waals surface area contributed by atoms with Crippen molar-refractivity contribution < 1.29 is 32.8 Å². The van der Waals surface area contributed by atoms with Gasteiger partial charge in [-0.15, -0.1) is 0 Å². The Morgan fingerprint density at radius 2 is 1.92 bits per heavy atom. The van der Waals surface area contributed by atoms with E-state index in [2.05, 4.69) is 9.97 Å². The third-order valence-corrected chi connectivity index (χ3v) is 5.43. The first kappa shape index (κ1) is 26.3. The summed E-state index contributed by atoms with van der Waals surface area (Å²) in [5.74, 6) is -3.70. The zero-order chi connectivity index (χ0) is 26.6. The number of anilines is 2. The van der Waals surface area contributed by atoms with E-state index in [4.69, 9.17) is 19.2 Å². The molecule has 8 nitrogen and oxygen atoms in total. The molecule has 4 rings (SSSR count). The average Bonchev–Trinajstić information content (AvgIpc) is 3.71. The lowest BCUT2D eigenvalue weighted by Crippen LogP contribution is -2.23. The smallest absolute Gasteiger partial charge is 0.373 e. The van der Waals surface area contributed by atoms with Crippen LogP contribution >= 0.6 is 0 Å². The van der Waals surface area contributed by atoms with Gasteiger partial charge in [0.25, 0.3) is 5.88 Å². The van der Waals surface area contributed by atoms with Gasteiger partial charge in [-0.25, -0.2) is 4.79 Å². The van der Waals surface area contributed by atoms with E-state index in [1.165, 1.54) is 24.1 Å². The lowest BCUT2D eigenvalue weighted by molar-refractivity contribution is -0.301. The molecule has 0 amide bonds. The molecule has 0 radical (unpaired) electrons. The van der Waals surface area contributed by atoms with Crippen LogP contribution in [-0.4, -0.2) is 35.3 Å². The number of carbonyl (C=O) groups excluding carboxylic acids is 1. The number of halogens is 2. The Hall–Kier alpha value is -3.79. The number of benzene rings is 1. The van der Waals surface area contributed by atoms with Gasteiger partial charge in [0.1, 0.15) is 5.60 Å². The fourth-order valence-corrected chi connectivity index (χ4v) is 3.40. The Morgan fingerprint density at radius 1 is 1.14 bits per heavy atom. The summed E-state index contributed by atoms with van der Waals surface area (Å²) >= 11 is 0. The normalized spacial score (nSPS) is 13.2. The molecule has 196 valence electrons. The summed E-state index contributed by atoms with van der Waals surface area (Å²) in [5.41, 5.74) is 0.504.